The Balaban J connectivity index is 1.82. The number of nitrogens with one attached hydrogen (secondary N) is 1. The van der Waals surface area contributed by atoms with Gasteiger partial charge in [-0.25, -0.2) is 0 Å². The van der Waals surface area contributed by atoms with Gasteiger partial charge in [0, 0.05) is 11.4 Å². The van der Waals surface area contributed by atoms with E-state index >= 15 is 0 Å². The first-order chi connectivity index (χ1) is 10.3. The number of hydrogen-bond acceptors (Lipinski definition) is 2. The van der Waals surface area contributed by atoms with Gasteiger partial charge in [0.15, 0.2) is 0 Å². The highest BCUT2D eigenvalue weighted by Gasteiger charge is 2.05. The third kappa shape index (κ3) is 4.75. The van der Waals surface area contributed by atoms with Crippen molar-refractivity contribution < 1.29 is 4.74 Å². The van der Waals surface area contributed by atoms with Crippen LogP contribution in [0, 0.1) is 0 Å². The number of rotatable bonds is 9. The van der Waals surface area contributed by atoms with Gasteiger partial charge in [0.2, 0.25) is 0 Å². The summed E-state index contributed by atoms with van der Waals surface area (Å²) in [6.45, 7) is 6.36. The summed E-state index contributed by atoms with van der Waals surface area (Å²) >= 11 is 0. The first-order valence-corrected chi connectivity index (χ1v) is 8.19. The van der Waals surface area contributed by atoms with Gasteiger partial charge in [-0.3, -0.25) is 0 Å². The van der Waals surface area contributed by atoms with E-state index in [1.165, 1.54) is 30.0 Å². The Morgan fingerprint density at radius 3 is 2.67 bits per heavy atom. The molecule has 0 aromatic heterocycles. The van der Waals surface area contributed by atoms with Crippen LogP contribution in [0.3, 0.4) is 0 Å². The average molecular weight is 285 g/mol. The lowest BCUT2D eigenvalue weighted by molar-refractivity contribution is 0.297. The predicted octanol–water partition coefficient (Wildman–Crippen LogP) is 4.78. The number of fused-ring (bicyclic) bond motifs is 1. The standard InChI is InChI=1S/C19H27NO/c1-3-14-20-17(4-2)11-8-15-21-19-13-7-10-16-9-5-6-12-18(16)19/h5-7,9-10,12-13,17,20H,3-4,8,11,14-15H2,1-2H3. The van der Waals surface area contributed by atoms with Gasteiger partial charge >= 0.3 is 0 Å². The van der Waals surface area contributed by atoms with Crippen LogP contribution in [0.5, 0.6) is 5.75 Å². The van der Waals surface area contributed by atoms with Crippen molar-refractivity contribution >= 4 is 10.8 Å². The minimum absolute atomic E-state index is 0.626. The molecule has 0 radical (unpaired) electrons. The van der Waals surface area contributed by atoms with Gasteiger partial charge in [-0.15, -0.1) is 0 Å². The van der Waals surface area contributed by atoms with Crippen LogP contribution >= 0.6 is 0 Å². The van der Waals surface area contributed by atoms with E-state index in [2.05, 4.69) is 61.6 Å². The lowest BCUT2D eigenvalue weighted by Crippen LogP contribution is -2.29. The van der Waals surface area contributed by atoms with Crippen molar-refractivity contribution in [3.63, 3.8) is 0 Å². The number of ether oxygens (including phenoxy) is 1. The second kappa shape index (κ2) is 8.68. The fraction of sp³-hybridized carbons (Fsp3) is 0.474. The molecule has 0 bridgehead atoms. The lowest BCUT2D eigenvalue weighted by Gasteiger charge is -2.16. The second-order valence-corrected chi connectivity index (χ2v) is 5.53. The Hall–Kier alpha value is -1.54. The Morgan fingerprint density at radius 1 is 1.05 bits per heavy atom. The summed E-state index contributed by atoms with van der Waals surface area (Å²) < 4.78 is 5.99. The number of hydrogen-bond donors (Lipinski definition) is 1. The zero-order chi connectivity index (χ0) is 14.9. The maximum atomic E-state index is 5.99. The van der Waals surface area contributed by atoms with E-state index < -0.39 is 0 Å². The van der Waals surface area contributed by atoms with Crippen molar-refractivity contribution in [2.45, 2.75) is 45.6 Å². The SMILES string of the molecule is CCCNC(CC)CCCOc1cccc2ccccc12. The van der Waals surface area contributed by atoms with Crippen LogP contribution in [-0.2, 0) is 0 Å². The van der Waals surface area contributed by atoms with E-state index in [0.29, 0.717) is 6.04 Å². The summed E-state index contributed by atoms with van der Waals surface area (Å²) in [5, 5.41) is 6.04. The molecule has 114 valence electrons. The smallest absolute Gasteiger partial charge is 0.127 e. The fourth-order valence-electron chi connectivity index (χ4n) is 2.63. The lowest BCUT2D eigenvalue weighted by atomic mass is 10.1. The predicted molar refractivity (Wildman–Crippen MR) is 91.0 cm³/mol. The van der Waals surface area contributed by atoms with Crippen molar-refractivity contribution in [3.8, 4) is 5.75 Å². The molecule has 2 rings (SSSR count). The Kier molecular flexibility index (Phi) is 6.55. The minimum Gasteiger partial charge on any atom is -0.493 e. The van der Waals surface area contributed by atoms with Crippen molar-refractivity contribution in [2.75, 3.05) is 13.2 Å². The van der Waals surface area contributed by atoms with Crippen LogP contribution in [0.2, 0.25) is 0 Å². The van der Waals surface area contributed by atoms with Gasteiger partial charge in [-0.1, -0.05) is 50.2 Å². The second-order valence-electron chi connectivity index (χ2n) is 5.53. The van der Waals surface area contributed by atoms with Crippen LogP contribution in [0.4, 0.5) is 0 Å². The van der Waals surface area contributed by atoms with Gasteiger partial charge < -0.3 is 10.1 Å². The van der Waals surface area contributed by atoms with Crippen molar-refractivity contribution in [2.24, 2.45) is 0 Å². The highest BCUT2D eigenvalue weighted by atomic mass is 16.5. The van der Waals surface area contributed by atoms with Crippen LogP contribution < -0.4 is 10.1 Å². The summed E-state index contributed by atoms with van der Waals surface area (Å²) in [6, 6.07) is 15.3. The van der Waals surface area contributed by atoms with E-state index in [4.69, 9.17) is 4.74 Å². The van der Waals surface area contributed by atoms with E-state index in [1.807, 2.05) is 0 Å². The van der Waals surface area contributed by atoms with Gasteiger partial charge in [-0.05, 0) is 43.7 Å². The Bertz CT molecular complexity index is 533. The van der Waals surface area contributed by atoms with E-state index in [0.717, 1.165) is 25.3 Å². The highest BCUT2D eigenvalue weighted by molar-refractivity contribution is 5.88. The fourth-order valence-corrected chi connectivity index (χ4v) is 2.63. The quantitative estimate of drug-likeness (QED) is 0.670. The Morgan fingerprint density at radius 2 is 1.86 bits per heavy atom. The maximum Gasteiger partial charge on any atom is 0.127 e. The molecule has 0 aliphatic heterocycles. The molecule has 0 aliphatic rings. The van der Waals surface area contributed by atoms with E-state index in [1.54, 1.807) is 0 Å². The first-order valence-electron chi connectivity index (χ1n) is 8.19. The van der Waals surface area contributed by atoms with Crippen molar-refractivity contribution in [3.05, 3.63) is 42.5 Å². The summed E-state index contributed by atoms with van der Waals surface area (Å²) in [5.74, 6) is 1.00. The molecule has 1 unspecified atom stereocenters. The van der Waals surface area contributed by atoms with Crippen LogP contribution in [0.25, 0.3) is 10.8 Å². The molecule has 0 spiro atoms. The van der Waals surface area contributed by atoms with Crippen molar-refractivity contribution in [1.82, 2.24) is 5.32 Å². The molecule has 0 heterocycles. The molecule has 2 aromatic carbocycles. The van der Waals surface area contributed by atoms with E-state index in [9.17, 15) is 0 Å². The third-order valence-electron chi connectivity index (χ3n) is 3.88. The Labute approximate surface area is 128 Å². The highest BCUT2D eigenvalue weighted by Crippen LogP contribution is 2.25. The minimum atomic E-state index is 0.626. The first kappa shape index (κ1) is 15.8. The van der Waals surface area contributed by atoms with Gasteiger partial charge in [0.1, 0.15) is 5.75 Å². The third-order valence-corrected chi connectivity index (χ3v) is 3.88. The number of benzene rings is 2. The molecule has 2 nitrogen and oxygen atoms in total. The van der Waals surface area contributed by atoms with Crippen LogP contribution in [0.1, 0.15) is 39.5 Å². The molecule has 1 N–H and O–H groups in total. The molecule has 0 saturated heterocycles. The zero-order valence-electron chi connectivity index (χ0n) is 13.3. The summed E-state index contributed by atoms with van der Waals surface area (Å²) in [4.78, 5) is 0. The molecule has 2 aromatic rings. The summed E-state index contributed by atoms with van der Waals surface area (Å²) in [5.41, 5.74) is 0. The average Bonchev–Trinajstić information content (AvgIpc) is 2.54. The summed E-state index contributed by atoms with van der Waals surface area (Å²) in [6.07, 6.45) is 4.66. The largest absolute Gasteiger partial charge is 0.493 e. The van der Waals surface area contributed by atoms with Gasteiger partial charge in [0.25, 0.3) is 0 Å². The van der Waals surface area contributed by atoms with Crippen LogP contribution in [-0.4, -0.2) is 19.2 Å². The van der Waals surface area contributed by atoms with Gasteiger partial charge in [0.05, 0.1) is 6.61 Å². The molecule has 0 fully saturated rings. The molecular weight excluding hydrogens is 258 g/mol. The van der Waals surface area contributed by atoms with Crippen molar-refractivity contribution in [1.29, 1.82) is 0 Å². The van der Waals surface area contributed by atoms with Crippen LogP contribution in [0.15, 0.2) is 42.5 Å². The van der Waals surface area contributed by atoms with E-state index in [-0.39, 0.29) is 0 Å². The molecule has 2 heteroatoms. The normalized spacial score (nSPS) is 12.5. The summed E-state index contributed by atoms with van der Waals surface area (Å²) in [7, 11) is 0. The molecule has 0 amide bonds. The van der Waals surface area contributed by atoms with Gasteiger partial charge in [-0.2, -0.15) is 0 Å². The monoisotopic (exact) mass is 285 g/mol. The molecular formula is C19H27NO. The topological polar surface area (TPSA) is 21.3 Å². The zero-order valence-corrected chi connectivity index (χ0v) is 13.3. The molecule has 21 heavy (non-hydrogen) atoms. The maximum absolute atomic E-state index is 5.99. The molecule has 0 saturated carbocycles. The molecule has 0 aliphatic carbocycles. The molecule has 1 atom stereocenters.